The Bertz CT molecular complexity index is 1820. The molecule has 2 aromatic carbocycles. The summed E-state index contributed by atoms with van der Waals surface area (Å²) in [5.74, 6) is -0.469. The number of rotatable bonds is 9. The molecule has 0 unspecified atom stereocenters. The second-order valence-corrected chi connectivity index (χ2v) is 13.0. The van der Waals surface area contributed by atoms with Crippen LogP contribution in [0.5, 0.6) is 5.88 Å². The number of aromatic nitrogens is 2. The number of amides is 1. The number of nitrogens with one attached hydrogen (secondary N) is 1. The van der Waals surface area contributed by atoms with Gasteiger partial charge < -0.3 is 14.5 Å². The van der Waals surface area contributed by atoms with Crippen molar-refractivity contribution < 1.29 is 22.3 Å². The summed E-state index contributed by atoms with van der Waals surface area (Å²) in [5, 5.41) is 0.311. The molecule has 2 aliphatic rings. The Hall–Kier alpha value is -4.09. The predicted molar refractivity (Wildman–Crippen MR) is 160 cm³/mol. The lowest BCUT2D eigenvalue weighted by Gasteiger charge is -2.16. The monoisotopic (exact) mass is 589 g/mol. The molecule has 1 N–H and O–H groups in total. The van der Waals surface area contributed by atoms with E-state index in [2.05, 4.69) is 14.7 Å². The Morgan fingerprint density at radius 3 is 2.52 bits per heavy atom. The highest BCUT2D eigenvalue weighted by Gasteiger charge is 2.59. The molecule has 6 rings (SSSR count). The molecular formula is C31H32FN5O4S. The van der Waals surface area contributed by atoms with Gasteiger partial charge in [-0.05, 0) is 70.6 Å². The van der Waals surface area contributed by atoms with Crippen molar-refractivity contribution in [1.29, 1.82) is 0 Å². The number of benzene rings is 2. The first-order valence-electron chi connectivity index (χ1n) is 13.8. The number of carbonyl (C=O) groups is 1. The normalized spacial score (nSPS) is 15.5. The van der Waals surface area contributed by atoms with Gasteiger partial charge in [0.2, 0.25) is 11.8 Å². The van der Waals surface area contributed by atoms with Gasteiger partial charge in [0.05, 0.1) is 34.3 Å². The summed E-state index contributed by atoms with van der Waals surface area (Å²) >= 11 is 0. The first kappa shape index (κ1) is 28.0. The Morgan fingerprint density at radius 2 is 1.83 bits per heavy atom. The second kappa shape index (κ2) is 10.3. The van der Waals surface area contributed by atoms with Gasteiger partial charge >= 0.3 is 0 Å². The van der Waals surface area contributed by atoms with Gasteiger partial charge in [0, 0.05) is 41.9 Å². The largest absolute Gasteiger partial charge is 0.476 e. The van der Waals surface area contributed by atoms with E-state index in [-0.39, 0.29) is 27.9 Å². The first-order chi connectivity index (χ1) is 20.0. The van der Waals surface area contributed by atoms with Crippen molar-refractivity contribution in [2.75, 3.05) is 43.9 Å². The van der Waals surface area contributed by atoms with Gasteiger partial charge in [-0.1, -0.05) is 17.7 Å². The number of sulfonamides is 1. The summed E-state index contributed by atoms with van der Waals surface area (Å²) < 4.78 is 51.6. The minimum Gasteiger partial charge on any atom is -0.476 e. The summed E-state index contributed by atoms with van der Waals surface area (Å²) in [6.07, 6.45) is 5.13. The van der Waals surface area contributed by atoms with E-state index in [1.54, 1.807) is 42.4 Å². The third-order valence-electron chi connectivity index (χ3n) is 7.98. The second-order valence-electron chi connectivity index (χ2n) is 11.3. The number of fused-ring (bicyclic) bond motifs is 4. The summed E-state index contributed by atoms with van der Waals surface area (Å²) in [4.78, 5) is 25.5. The number of carbonyl (C=O) groups excluding carboxylic acids is 1. The molecule has 11 heteroatoms. The molecule has 1 aliphatic heterocycles. The van der Waals surface area contributed by atoms with Crippen molar-refractivity contribution in [3.05, 3.63) is 71.8 Å². The number of likely N-dealkylation sites (N-methyl/N-ethyl adjacent to an activating group) is 1. The van der Waals surface area contributed by atoms with Crippen molar-refractivity contribution in [3.8, 4) is 17.0 Å². The minimum absolute atomic E-state index is 0.0400. The Labute approximate surface area is 244 Å². The van der Waals surface area contributed by atoms with E-state index in [9.17, 15) is 13.2 Å². The lowest BCUT2D eigenvalue weighted by Crippen LogP contribution is -2.28. The van der Waals surface area contributed by atoms with Crippen LogP contribution < -0.4 is 14.4 Å². The standard InChI is InChI=1S/C31H32FN5O4S/c1-19-6-8-21(9-7-19)42(39,40)35-24-16-20(17-34-29(24)41-15-5-14-36(2)3)22-10-11-23-26(28(22)32)27-25(18-33-23)37(4)30(38)31(27)12-13-31/h6-11,16-18,35H,5,12-15H2,1-4H3. The van der Waals surface area contributed by atoms with Crippen molar-refractivity contribution >= 4 is 38.2 Å². The van der Waals surface area contributed by atoms with E-state index in [0.717, 1.165) is 12.1 Å². The lowest BCUT2D eigenvalue weighted by molar-refractivity contribution is -0.119. The average molecular weight is 590 g/mol. The number of anilines is 2. The van der Waals surface area contributed by atoms with Gasteiger partial charge in [0.25, 0.3) is 10.0 Å². The van der Waals surface area contributed by atoms with Gasteiger partial charge in [-0.15, -0.1) is 0 Å². The van der Waals surface area contributed by atoms with Crippen LogP contribution >= 0.6 is 0 Å². The van der Waals surface area contributed by atoms with Crippen molar-refractivity contribution in [2.24, 2.45) is 0 Å². The van der Waals surface area contributed by atoms with Crippen LogP contribution in [-0.2, 0) is 20.2 Å². The summed E-state index contributed by atoms with van der Waals surface area (Å²) in [6.45, 7) is 2.97. The summed E-state index contributed by atoms with van der Waals surface area (Å²) in [7, 11) is 1.61. The lowest BCUT2D eigenvalue weighted by atomic mass is 9.92. The van der Waals surface area contributed by atoms with Gasteiger partial charge in [0.1, 0.15) is 11.5 Å². The van der Waals surface area contributed by atoms with Gasteiger partial charge in [-0.25, -0.2) is 17.8 Å². The van der Waals surface area contributed by atoms with E-state index in [0.29, 0.717) is 53.6 Å². The Morgan fingerprint density at radius 1 is 1.10 bits per heavy atom. The molecule has 9 nitrogen and oxygen atoms in total. The molecule has 42 heavy (non-hydrogen) atoms. The van der Waals surface area contributed by atoms with Crippen LogP contribution in [0.1, 0.15) is 30.4 Å². The van der Waals surface area contributed by atoms with Gasteiger partial charge in [-0.2, -0.15) is 0 Å². The molecule has 1 aliphatic carbocycles. The number of aryl methyl sites for hydroxylation is 1. The third-order valence-corrected chi connectivity index (χ3v) is 9.36. The van der Waals surface area contributed by atoms with E-state index >= 15 is 4.39 Å². The van der Waals surface area contributed by atoms with Crippen LogP contribution in [0.4, 0.5) is 15.8 Å². The van der Waals surface area contributed by atoms with E-state index in [1.807, 2.05) is 25.9 Å². The Kier molecular flexibility index (Phi) is 6.89. The molecule has 0 radical (unpaired) electrons. The zero-order valence-corrected chi connectivity index (χ0v) is 24.8. The molecule has 1 spiro atoms. The number of hydrogen-bond acceptors (Lipinski definition) is 7. The van der Waals surface area contributed by atoms with Gasteiger partial charge in [0.15, 0.2) is 0 Å². The maximum absolute atomic E-state index is 16.5. The molecule has 218 valence electrons. The van der Waals surface area contributed by atoms with E-state index in [4.69, 9.17) is 4.74 Å². The van der Waals surface area contributed by atoms with E-state index < -0.39 is 21.3 Å². The SMILES string of the molecule is Cc1ccc(S(=O)(=O)Nc2cc(-c3ccc4ncc5c(c4c3F)C3(CC3)C(=O)N5C)cnc2OCCCN(C)C)cc1. The molecule has 0 bridgehead atoms. The smallest absolute Gasteiger partial charge is 0.262 e. The van der Waals surface area contributed by atoms with Crippen LogP contribution in [0, 0.1) is 12.7 Å². The highest BCUT2D eigenvalue weighted by molar-refractivity contribution is 7.92. The molecule has 0 saturated heterocycles. The van der Waals surface area contributed by atoms with Crippen LogP contribution in [0.3, 0.4) is 0 Å². The van der Waals surface area contributed by atoms with Gasteiger partial charge in [-0.3, -0.25) is 14.5 Å². The minimum atomic E-state index is -3.99. The average Bonchev–Trinajstić information content (AvgIpc) is 3.73. The molecule has 1 amide bonds. The van der Waals surface area contributed by atoms with Crippen LogP contribution in [0.15, 0.2) is 59.8 Å². The molecule has 1 fully saturated rings. The Balaban J connectivity index is 1.43. The quantitative estimate of drug-likeness (QED) is 0.278. The number of nitrogens with zero attached hydrogens (tertiary/aromatic N) is 4. The predicted octanol–water partition coefficient (Wildman–Crippen LogP) is 4.88. The highest BCUT2D eigenvalue weighted by Crippen LogP contribution is 2.59. The molecule has 4 aromatic rings. The van der Waals surface area contributed by atoms with Crippen molar-refractivity contribution in [1.82, 2.24) is 14.9 Å². The van der Waals surface area contributed by atoms with Crippen molar-refractivity contribution in [3.63, 3.8) is 0 Å². The topological polar surface area (TPSA) is 105 Å². The highest BCUT2D eigenvalue weighted by atomic mass is 32.2. The molecule has 1 saturated carbocycles. The maximum Gasteiger partial charge on any atom is 0.262 e. The van der Waals surface area contributed by atoms with Crippen LogP contribution in [-0.4, -0.2) is 63.5 Å². The number of pyridine rings is 2. The fraction of sp³-hybridized carbons (Fsp3) is 0.323. The number of halogens is 1. The maximum atomic E-state index is 16.5. The molecule has 3 heterocycles. The van der Waals surface area contributed by atoms with Crippen LogP contribution in [0.2, 0.25) is 0 Å². The third kappa shape index (κ3) is 4.76. The molecular weight excluding hydrogens is 557 g/mol. The summed E-state index contributed by atoms with van der Waals surface area (Å²) in [6, 6.07) is 11.3. The zero-order valence-electron chi connectivity index (χ0n) is 23.9. The molecule has 2 aromatic heterocycles. The number of hydrogen-bond donors (Lipinski definition) is 1. The summed E-state index contributed by atoms with van der Waals surface area (Å²) in [5.41, 5.74) is 2.65. The van der Waals surface area contributed by atoms with Crippen LogP contribution in [0.25, 0.3) is 22.0 Å². The fourth-order valence-electron chi connectivity index (χ4n) is 5.58. The molecule has 0 atom stereocenters. The zero-order chi connectivity index (χ0) is 29.8. The van der Waals surface area contributed by atoms with E-state index in [1.165, 1.54) is 24.4 Å². The van der Waals surface area contributed by atoms with Crippen molar-refractivity contribution in [2.45, 2.75) is 36.5 Å². The first-order valence-corrected chi connectivity index (χ1v) is 15.3. The fourth-order valence-corrected chi connectivity index (χ4v) is 6.63. The number of ether oxygens (including phenoxy) is 1.